The van der Waals surface area contributed by atoms with E-state index in [1.54, 1.807) is 6.20 Å². The summed E-state index contributed by atoms with van der Waals surface area (Å²) >= 11 is 0. The molecule has 1 unspecified atom stereocenters. The van der Waals surface area contributed by atoms with Crippen molar-refractivity contribution in [3.05, 3.63) is 72.7 Å². The molecule has 0 bridgehead atoms. The number of aromatic amines is 1. The third-order valence-corrected chi connectivity index (χ3v) is 6.05. The Balaban J connectivity index is 1.38. The quantitative estimate of drug-likeness (QED) is 0.407. The van der Waals surface area contributed by atoms with Gasteiger partial charge in [-0.15, -0.1) is 0 Å². The SMILES string of the molecule is c1ccc2c(c1)c(C1CCCNC1)cn2-c1nccc(Nc2ccc3[nH]ncc3c2)n1. The van der Waals surface area contributed by atoms with Gasteiger partial charge in [0.2, 0.25) is 5.95 Å². The molecule has 0 amide bonds. The highest BCUT2D eigenvalue weighted by atomic mass is 15.2. The van der Waals surface area contributed by atoms with Crippen LogP contribution in [-0.2, 0) is 0 Å². The summed E-state index contributed by atoms with van der Waals surface area (Å²) < 4.78 is 2.11. The number of para-hydroxylation sites is 1. The van der Waals surface area contributed by atoms with Crippen LogP contribution in [-0.4, -0.2) is 37.8 Å². The first-order chi connectivity index (χ1) is 15.3. The first-order valence-electron chi connectivity index (χ1n) is 10.7. The molecule has 1 saturated heterocycles. The molecule has 1 aliphatic heterocycles. The van der Waals surface area contributed by atoms with E-state index in [1.165, 1.54) is 23.8 Å². The van der Waals surface area contributed by atoms with Crippen molar-refractivity contribution in [2.24, 2.45) is 0 Å². The van der Waals surface area contributed by atoms with Crippen molar-refractivity contribution in [2.45, 2.75) is 18.8 Å². The minimum atomic E-state index is 0.517. The zero-order valence-electron chi connectivity index (χ0n) is 17.0. The largest absolute Gasteiger partial charge is 0.340 e. The number of fused-ring (bicyclic) bond motifs is 2. The lowest BCUT2D eigenvalue weighted by atomic mass is 9.91. The second kappa shape index (κ2) is 7.52. The van der Waals surface area contributed by atoms with Crippen LogP contribution in [0.2, 0.25) is 0 Å². The van der Waals surface area contributed by atoms with Crippen LogP contribution >= 0.6 is 0 Å². The number of aromatic nitrogens is 5. The maximum Gasteiger partial charge on any atom is 0.236 e. The molecule has 1 aliphatic rings. The van der Waals surface area contributed by atoms with Gasteiger partial charge in [0.25, 0.3) is 0 Å². The summed E-state index contributed by atoms with van der Waals surface area (Å²) in [6.45, 7) is 2.13. The second-order valence-corrected chi connectivity index (χ2v) is 8.05. The molecule has 3 aromatic heterocycles. The van der Waals surface area contributed by atoms with Gasteiger partial charge >= 0.3 is 0 Å². The first-order valence-corrected chi connectivity index (χ1v) is 10.7. The van der Waals surface area contributed by atoms with Crippen LogP contribution in [0.3, 0.4) is 0 Å². The van der Waals surface area contributed by atoms with Gasteiger partial charge < -0.3 is 10.6 Å². The number of benzene rings is 2. The molecular formula is C24H23N7. The molecule has 0 saturated carbocycles. The molecule has 0 aliphatic carbocycles. The summed E-state index contributed by atoms with van der Waals surface area (Å²) in [5.74, 6) is 1.94. The summed E-state index contributed by atoms with van der Waals surface area (Å²) in [6.07, 6.45) is 8.26. The number of hydrogen-bond acceptors (Lipinski definition) is 5. The third-order valence-electron chi connectivity index (χ3n) is 6.05. The van der Waals surface area contributed by atoms with E-state index >= 15 is 0 Å². The van der Waals surface area contributed by atoms with Crippen molar-refractivity contribution < 1.29 is 0 Å². The topological polar surface area (TPSA) is 83.5 Å². The lowest BCUT2D eigenvalue weighted by Crippen LogP contribution is -2.28. The summed E-state index contributed by atoms with van der Waals surface area (Å²) in [5.41, 5.74) is 4.48. The Kier molecular flexibility index (Phi) is 4.39. The summed E-state index contributed by atoms with van der Waals surface area (Å²) in [5, 5.41) is 16.3. The zero-order chi connectivity index (χ0) is 20.6. The number of nitrogens with one attached hydrogen (secondary N) is 3. The van der Waals surface area contributed by atoms with Crippen LogP contribution in [0.5, 0.6) is 0 Å². The van der Waals surface area contributed by atoms with Crippen molar-refractivity contribution in [2.75, 3.05) is 18.4 Å². The van der Waals surface area contributed by atoms with Crippen LogP contribution in [0.25, 0.3) is 27.8 Å². The molecule has 1 fully saturated rings. The number of hydrogen-bond donors (Lipinski definition) is 3. The van der Waals surface area contributed by atoms with Gasteiger partial charge in [-0.05, 0) is 61.2 Å². The fourth-order valence-electron chi connectivity index (χ4n) is 4.52. The Morgan fingerprint density at radius 1 is 1.10 bits per heavy atom. The predicted octanol–water partition coefficient (Wildman–Crippen LogP) is 4.51. The molecule has 6 rings (SSSR count). The van der Waals surface area contributed by atoms with E-state index in [0.29, 0.717) is 11.9 Å². The number of rotatable bonds is 4. The molecule has 2 aromatic carbocycles. The fraction of sp³-hybridized carbons (Fsp3) is 0.208. The van der Waals surface area contributed by atoms with E-state index in [9.17, 15) is 0 Å². The molecule has 3 N–H and O–H groups in total. The average Bonchev–Trinajstić information content (AvgIpc) is 3.44. The van der Waals surface area contributed by atoms with Crippen molar-refractivity contribution in [3.8, 4) is 5.95 Å². The molecule has 5 aromatic rings. The summed E-state index contributed by atoms with van der Waals surface area (Å²) in [4.78, 5) is 9.40. The Morgan fingerprint density at radius 3 is 3.00 bits per heavy atom. The summed E-state index contributed by atoms with van der Waals surface area (Å²) in [7, 11) is 0. The van der Waals surface area contributed by atoms with E-state index in [-0.39, 0.29) is 0 Å². The molecule has 1 atom stereocenters. The number of anilines is 2. The van der Waals surface area contributed by atoms with Crippen LogP contribution in [0.4, 0.5) is 11.5 Å². The lowest BCUT2D eigenvalue weighted by Gasteiger charge is -2.22. The molecule has 0 spiro atoms. The number of nitrogens with zero attached hydrogens (tertiary/aromatic N) is 4. The third kappa shape index (κ3) is 3.33. The van der Waals surface area contributed by atoms with Crippen molar-refractivity contribution in [3.63, 3.8) is 0 Å². The Bertz CT molecular complexity index is 1360. The van der Waals surface area contributed by atoms with Gasteiger partial charge in [0.15, 0.2) is 0 Å². The Morgan fingerprint density at radius 2 is 2.06 bits per heavy atom. The van der Waals surface area contributed by atoms with Crippen LogP contribution in [0.1, 0.15) is 24.3 Å². The molecular weight excluding hydrogens is 386 g/mol. The van der Waals surface area contributed by atoms with E-state index in [0.717, 1.165) is 41.0 Å². The number of piperidine rings is 1. The fourth-order valence-corrected chi connectivity index (χ4v) is 4.52. The molecule has 7 nitrogen and oxygen atoms in total. The van der Waals surface area contributed by atoms with Gasteiger partial charge in [-0.25, -0.2) is 4.98 Å². The average molecular weight is 409 g/mol. The van der Waals surface area contributed by atoms with Crippen molar-refractivity contribution in [1.82, 2.24) is 30.0 Å². The van der Waals surface area contributed by atoms with Gasteiger partial charge in [-0.1, -0.05) is 18.2 Å². The minimum absolute atomic E-state index is 0.517. The monoisotopic (exact) mass is 409 g/mol. The van der Waals surface area contributed by atoms with E-state index in [1.807, 2.05) is 24.4 Å². The minimum Gasteiger partial charge on any atom is -0.340 e. The lowest BCUT2D eigenvalue weighted by molar-refractivity contribution is 0.463. The normalized spacial score (nSPS) is 16.7. The summed E-state index contributed by atoms with van der Waals surface area (Å²) in [6, 6.07) is 16.5. The first kappa shape index (κ1) is 18.1. The van der Waals surface area contributed by atoms with Gasteiger partial charge in [-0.2, -0.15) is 10.1 Å². The number of H-pyrrole nitrogens is 1. The van der Waals surface area contributed by atoms with Crippen LogP contribution < -0.4 is 10.6 Å². The highest BCUT2D eigenvalue weighted by Gasteiger charge is 2.21. The second-order valence-electron chi connectivity index (χ2n) is 8.05. The molecule has 0 radical (unpaired) electrons. The molecule has 31 heavy (non-hydrogen) atoms. The van der Waals surface area contributed by atoms with E-state index in [4.69, 9.17) is 4.98 Å². The van der Waals surface area contributed by atoms with Crippen molar-refractivity contribution in [1.29, 1.82) is 0 Å². The van der Waals surface area contributed by atoms with E-state index in [2.05, 4.69) is 66.9 Å². The van der Waals surface area contributed by atoms with Gasteiger partial charge in [0.05, 0.1) is 17.2 Å². The maximum atomic E-state index is 4.82. The highest BCUT2D eigenvalue weighted by molar-refractivity contribution is 5.86. The Hall–Kier alpha value is -3.71. The van der Waals surface area contributed by atoms with Crippen molar-refractivity contribution >= 4 is 33.3 Å². The van der Waals surface area contributed by atoms with Gasteiger partial charge in [0.1, 0.15) is 5.82 Å². The van der Waals surface area contributed by atoms with Crippen LogP contribution in [0, 0.1) is 0 Å². The van der Waals surface area contributed by atoms with Gasteiger partial charge in [0, 0.05) is 35.4 Å². The molecule has 154 valence electrons. The van der Waals surface area contributed by atoms with Gasteiger partial charge in [-0.3, -0.25) is 9.67 Å². The Labute approximate surface area is 179 Å². The molecule has 4 heterocycles. The smallest absolute Gasteiger partial charge is 0.236 e. The van der Waals surface area contributed by atoms with E-state index < -0.39 is 0 Å². The molecule has 7 heteroatoms. The highest BCUT2D eigenvalue weighted by Crippen LogP contribution is 2.33. The standard InChI is InChI=1S/C24H23N7/c1-2-6-22-19(5-1)20(16-4-3-10-25-13-16)15-31(22)24-26-11-9-23(29-24)28-18-7-8-21-17(12-18)14-27-30-21/h1-2,5-9,11-12,14-16,25H,3-4,10,13H2,(H,27,30)(H,26,28,29). The van der Waals surface area contributed by atoms with Crippen LogP contribution in [0.15, 0.2) is 67.1 Å². The maximum absolute atomic E-state index is 4.82. The predicted molar refractivity (Wildman–Crippen MR) is 123 cm³/mol. The zero-order valence-corrected chi connectivity index (χ0v) is 17.0.